The minimum atomic E-state index is -0.526. The summed E-state index contributed by atoms with van der Waals surface area (Å²) in [6, 6.07) is 16.8. The van der Waals surface area contributed by atoms with E-state index in [0.717, 1.165) is 36.9 Å². The Balaban J connectivity index is 1.46. The van der Waals surface area contributed by atoms with Crippen LogP contribution in [-0.2, 0) is 4.79 Å². The van der Waals surface area contributed by atoms with Crippen molar-refractivity contribution in [2.24, 2.45) is 0 Å². The zero-order valence-corrected chi connectivity index (χ0v) is 17.6. The molecule has 168 valence electrons. The number of para-hydroxylation sites is 1. The maximum atomic E-state index is 14.0. The van der Waals surface area contributed by atoms with Crippen molar-refractivity contribution in [2.75, 3.05) is 17.2 Å². The zero-order chi connectivity index (χ0) is 22.6. The van der Waals surface area contributed by atoms with Crippen LogP contribution in [0, 0.1) is 5.82 Å². The largest absolute Gasteiger partial charge is 0.457 e. The Morgan fingerprint density at radius 2 is 1.69 bits per heavy atom. The number of unbranched alkanes of at least 4 members (excludes halogenated alkanes) is 3. The number of carbonyl (C=O) groups excluding carboxylic acids is 1. The average molecular weight is 439 g/mol. The molecule has 9 heteroatoms. The van der Waals surface area contributed by atoms with Crippen LogP contribution in [0.2, 0.25) is 0 Å². The third kappa shape index (κ3) is 7.51. The normalized spacial score (nSPS) is 10.4. The number of aromatic nitrogens is 2. The fourth-order valence-electron chi connectivity index (χ4n) is 2.94. The van der Waals surface area contributed by atoms with Gasteiger partial charge in [-0.15, -0.1) is 0 Å². The van der Waals surface area contributed by atoms with Crippen LogP contribution in [0.25, 0.3) is 0 Å². The Morgan fingerprint density at radius 1 is 0.969 bits per heavy atom. The summed E-state index contributed by atoms with van der Waals surface area (Å²) in [5.41, 5.74) is 2.36. The van der Waals surface area contributed by atoms with Crippen molar-refractivity contribution >= 4 is 23.4 Å². The van der Waals surface area contributed by atoms with Gasteiger partial charge in [-0.2, -0.15) is 4.98 Å². The molecule has 0 radical (unpaired) electrons. The molecule has 0 unspecified atom stereocenters. The van der Waals surface area contributed by atoms with Gasteiger partial charge >= 0.3 is 0 Å². The molecule has 3 rings (SSSR count). The lowest BCUT2D eigenvalue weighted by Crippen LogP contribution is -2.17. The van der Waals surface area contributed by atoms with Gasteiger partial charge in [-0.25, -0.2) is 14.9 Å². The quantitative estimate of drug-likeness (QED) is 0.178. The van der Waals surface area contributed by atoms with E-state index < -0.39 is 5.82 Å². The SMILES string of the molecule is O=C(CCCCCCNc1nc(Nc2ccc(Oc3ccccc3)cc2)ncc1F)NO. The van der Waals surface area contributed by atoms with Crippen molar-refractivity contribution in [2.45, 2.75) is 32.1 Å². The number of benzene rings is 2. The Kier molecular flexibility index (Phi) is 8.76. The molecule has 0 bridgehead atoms. The van der Waals surface area contributed by atoms with Crippen LogP contribution >= 0.6 is 0 Å². The number of amides is 1. The number of anilines is 3. The lowest BCUT2D eigenvalue weighted by molar-refractivity contribution is -0.129. The molecule has 1 aromatic heterocycles. The molecule has 0 saturated heterocycles. The van der Waals surface area contributed by atoms with E-state index in [4.69, 9.17) is 9.94 Å². The summed E-state index contributed by atoms with van der Waals surface area (Å²) < 4.78 is 19.8. The summed E-state index contributed by atoms with van der Waals surface area (Å²) >= 11 is 0. The smallest absolute Gasteiger partial charge is 0.243 e. The van der Waals surface area contributed by atoms with E-state index in [-0.39, 0.29) is 17.7 Å². The van der Waals surface area contributed by atoms with Gasteiger partial charge in [-0.1, -0.05) is 31.0 Å². The van der Waals surface area contributed by atoms with Crippen molar-refractivity contribution in [3.8, 4) is 11.5 Å². The van der Waals surface area contributed by atoms with Gasteiger partial charge in [-0.3, -0.25) is 10.0 Å². The monoisotopic (exact) mass is 439 g/mol. The molecule has 0 fully saturated rings. The molecule has 8 nitrogen and oxygen atoms in total. The Morgan fingerprint density at radius 3 is 2.44 bits per heavy atom. The highest BCUT2D eigenvalue weighted by Crippen LogP contribution is 2.24. The average Bonchev–Trinajstić information content (AvgIpc) is 2.82. The molecule has 0 aliphatic rings. The summed E-state index contributed by atoms with van der Waals surface area (Å²) in [5, 5.41) is 14.5. The number of nitrogens with one attached hydrogen (secondary N) is 3. The predicted molar refractivity (Wildman–Crippen MR) is 120 cm³/mol. The standard InChI is InChI=1S/C23H26FN5O3/c24-20-16-26-23(28-22(20)25-15-7-2-1-6-10-21(30)29-31)27-17-11-13-19(14-12-17)32-18-8-4-3-5-9-18/h3-5,8-9,11-14,16,31H,1-2,6-7,10,15H2,(H,29,30)(H2,25,26,27,28). The van der Waals surface area contributed by atoms with E-state index in [9.17, 15) is 9.18 Å². The van der Waals surface area contributed by atoms with E-state index in [1.54, 1.807) is 5.48 Å². The van der Waals surface area contributed by atoms with Crippen LogP contribution in [0.4, 0.5) is 21.8 Å². The summed E-state index contributed by atoms with van der Waals surface area (Å²) in [4.78, 5) is 19.1. The number of rotatable bonds is 12. The van der Waals surface area contributed by atoms with Crippen LogP contribution in [0.1, 0.15) is 32.1 Å². The lowest BCUT2D eigenvalue weighted by Gasteiger charge is -2.10. The fraction of sp³-hybridized carbons (Fsp3) is 0.261. The first kappa shape index (κ1) is 23.0. The summed E-state index contributed by atoms with van der Waals surface area (Å²) in [6.07, 6.45) is 4.63. The highest BCUT2D eigenvalue weighted by molar-refractivity contribution is 5.74. The summed E-state index contributed by atoms with van der Waals surface area (Å²) in [6.45, 7) is 0.547. The first-order valence-electron chi connectivity index (χ1n) is 10.4. The van der Waals surface area contributed by atoms with Gasteiger partial charge in [0.1, 0.15) is 11.5 Å². The van der Waals surface area contributed by atoms with Crippen LogP contribution in [0.15, 0.2) is 60.8 Å². The van der Waals surface area contributed by atoms with E-state index in [1.165, 1.54) is 0 Å². The fourth-order valence-corrected chi connectivity index (χ4v) is 2.94. The lowest BCUT2D eigenvalue weighted by atomic mass is 10.1. The molecule has 0 saturated carbocycles. The number of halogens is 1. The van der Waals surface area contributed by atoms with Crippen molar-refractivity contribution in [3.63, 3.8) is 0 Å². The van der Waals surface area contributed by atoms with Gasteiger partial charge in [0.25, 0.3) is 0 Å². The molecule has 0 aliphatic carbocycles. The number of carbonyl (C=O) groups is 1. The van der Waals surface area contributed by atoms with Crippen LogP contribution in [-0.4, -0.2) is 27.6 Å². The van der Waals surface area contributed by atoms with Crippen molar-refractivity contribution in [1.29, 1.82) is 0 Å². The molecular formula is C23H26FN5O3. The zero-order valence-electron chi connectivity index (χ0n) is 17.6. The number of hydrogen-bond acceptors (Lipinski definition) is 7. The minimum Gasteiger partial charge on any atom is -0.457 e. The Bertz CT molecular complexity index is 987. The van der Waals surface area contributed by atoms with Crippen molar-refractivity contribution < 1.29 is 19.1 Å². The molecule has 1 amide bonds. The van der Waals surface area contributed by atoms with Gasteiger partial charge in [0.15, 0.2) is 11.6 Å². The highest BCUT2D eigenvalue weighted by atomic mass is 19.1. The molecule has 1 heterocycles. The van der Waals surface area contributed by atoms with E-state index in [1.807, 2.05) is 54.6 Å². The first-order valence-corrected chi connectivity index (χ1v) is 10.4. The maximum absolute atomic E-state index is 14.0. The van der Waals surface area contributed by atoms with Gasteiger partial charge < -0.3 is 15.4 Å². The number of hydrogen-bond donors (Lipinski definition) is 4. The van der Waals surface area contributed by atoms with Crippen molar-refractivity contribution in [1.82, 2.24) is 15.4 Å². The van der Waals surface area contributed by atoms with Crippen LogP contribution < -0.4 is 20.9 Å². The topological polar surface area (TPSA) is 108 Å². The second kappa shape index (κ2) is 12.2. The molecule has 4 N–H and O–H groups in total. The highest BCUT2D eigenvalue weighted by Gasteiger charge is 2.07. The van der Waals surface area contributed by atoms with Crippen LogP contribution in [0.5, 0.6) is 11.5 Å². The molecule has 3 aromatic rings. The second-order valence-corrected chi connectivity index (χ2v) is 7.08. The second-order valence-electron chi connectivity index (χ2n) is 7.08. The number of hydroxylamine groups is 1. The van der Waals surface area contributed by atoms with E-state index in [0.29, 0.717) is 25.1 Å². The molecular weight excluding hydrogens is 413 g/mol. The van der Waals surface area contributed by atoms with Gasteiger partial charge in [-0.05, 0) is 49.2 Å². The summed E-state index contributed by atoms with van der Waals surface area (Å²) in [5.74, 6) is 0.945. The molecule has 32 heavy (non-hydrogen) atoms. The summed E-state index contributed by atoms with van der Waals surface area (Å²) in [7, 11) is 0. The van der Waals surface area contributed by atoms with Crippen LogP contribution in [0.3, 0.4) is 0 Å². The Labute approximate surface area is 185 Å². The molecule has 0 aliphatic heterocycles. The minimum absolute atomic E-state index is 0.131. The van der Waals surface area contributed by atoms with E-state index >= 15 is 0 Å². The van der Waals surface area contributed by atoms with E-state index in [2.05, 4.69) is 20.6 Å². The van der Waals surface area contributed by atoms with Gasteiger partial charge in [0.2, 0.25) is 11.9 Å². The van der Waals surface area contributed by atoms with Gasteiger partial charge in [0, 0.05) is 18.7 Å². The first-order chi connectivity index (χ1) is 15.6. The number of nitrogens with zero attached hydrogens (tertiary/aromatic N) is 2. The third-order valence-corrected chi connectivity index (χ3v) is 4.58. The van der Waals surface area contributed by atoms with Gasteiger partial charge in [0.05, 0.1) is 6.20 Å². The van der Waals surface area contributed by atoms with Crippen molar-refractivity contribution in [3.05, 3.63) is 66.6 Å². The molecule has 2 aromatic carbocycles. The predicted octanol–water partition coefficient (Wildman–Crippen LogP) is 5.02. The molecule has 0 spiro atoms. The third-order valence-electron chi connectivity index (χ3n) is 4.58. The Hall–Kier alpha value is -3.72. The molecule has 0 atom stereocenters. The maximum Gasteiger partial charge on any atom is 0.243 e. The number of ether oxygens (including phenoxy) is 1.